The minimum absolute atomic E-state index is 0.138. The minimum Gasteiger partial charge on any atom is -0.466 e. The van der Waals surface area contributed by atoms with Gasteiger partial charge in [0.2, 0.25) is 0 Å². The molecular formula is C18H23ClO. The molecule has 0 bridgehead atoms. The molecule has 2 heteroatoms. The summed E-state index contributed by atoms with van der Waals surface area (Å²) in [7, 11) is 0. The van der Waals surface area contributed by atoms with E-state index in [0.717, 1.165) is 34.6 Å². The number of halogens is 1. The zero-order valence-corrected chi connectivity index (χ0v) is 13.7. The standard InChI is InChI=1S/C18H23ClO/c1-11(2)10-15-6-8-16(9-7-15)18(19)17-12(3)13(4)20-14(17)5/h6-9,11,18H,10H2,1-5H3. The maximum Gasteiger partial charge on any atom is 0.106 e. The van der Waals surface area contributed by atoms with E-state index >= 15 is 0 Å². The van der Waals surface area contributed by atoms with Gasteiger partial charge in [-0.3, -0.25) is 0 Å². The summed E-state index contributed by atoms with van der Waals surface area (Å²) >= 11 is 6.65. The quantitative estimate of drug-likeness (QED) is 0.655. The zero-order valence-electron chi connectivity index (χ0n) is 13.0. The maximum atomic E-state index is 6.65. The number of rotatable bonds is 4. The number of aryl methyl sites for hydroxylation is 2. The monoisotopic (exact) mass is 290 g/mol. The van der Waals surface area contributed by atoms with Gasteiger partial charge in [-0.25, -0.2) is 0 Å². The first kappa shape index (κ1) is 15.2. The van der Waals surface area contributed by atoms with E-state index < -0.39 is 0 Å². The highest BCUT2D eigenvalue weighted by atomic mass is 35.5. The second kappa shape index (κ2) is 6.05. The molecule has 108 valence electrons. The van der Waals surface area contributed by atoms with Crippen molar-refractivity contribution in [1.29, 1.82) is 0 Å². The van der Waals surface area contributed by atoms with Crippen LogP contribution in [0.5, 0.6) is 0 Å². The lowest BCUT2D eigenvalue weighted by Gasteiger charge is -2.12. The molecule has 0 aliphatic carbocycles. The third kappa shape index (κ3) is 3.09. The number of furan rings is 1. The van der Waals surface area contributed by atoms with Crippen molar-refractivity contribution >= 4 is 11.6 Å². The second-order valence-electron chi connectivity index (χ2n) is 5.96. The first-order chi connectivity index (χ1) is 9.40. The van der Waals surface area contributed by atoms with Crippen LogP contribution in [0.4, 0.5) is 0 Å². The highest BCUT2D eigenvalue weighted by Gasteiger charge is 2.20. The van der Waals surface area contributed by atoms with Crippen LogP contribution in [-0.2, 0) is 6.42 Å². The lowest BCUT2D eigenvalue weighted by molar-refractivity contribution is 0.500. The van der Waals surface area contributed by atoms with E-state index in [1.807, 2.05) is 13.8 Å². The molecule has 0 saturated carbocycles. The molecule has 1 aromatic carbocycles. The number of benzene rings is 1. The zero-order chi connectivity index (χ0) is 14.9. The smallest absolute Gasteiger partial charge is 0.106 e. The fourth-order valence-electron chi connectivity index (χ4n) is 2.64. The highest BCUT2D eigenvalue weighted by Crippen LogP contribution is 2.36. The number of alkyl halides is 1. The molecule has 0 N–H and O–H groups in total. The van der Waals surface area contributed by atoms with Crippen molar-refractivity contribution in [3.05, 3.63) is 58.0 Å². The van der Waals surface area contributed by atoms with Gasteiger partial charge in [0.05, 0.1) is 5.38 Å². The van der Waals surface area contributed by atoms with Gasteiger partial charge in [0, 0.05) is 5.56 Å². The Balaban J connectivity index is 2.27. The Morgan fingerprint density at radius 1 is 1.00 bits per heavy atom. The highest BCUT2D eigenvalue weighted by molar-refractivity contribution is 6.22. The van der Waals surface area contributed by atoms with E-state index in [2.05, 4.69) is 45.0 Å². The molecule has 0 saturated heterocycles. The summed E-state index contributed by atoms with van der Waals surface area (Å²) in [5.41, 5.74) is 4.77. The van der Waals surface area contributed by atoms with E-state index in [1.54, 1.807) is 0 Å². The van der Waals surface area contributed by atoms with Crippen LogP contribution in [-0.4, -0.2) is 0 Å². The van der Waals surface area contributed by atoms with Gasteiger partial charge in [-0.05, 0) is 49.8 Å². The molecule has 20 heavy (non-hydrogen) atoms. The lowest BCUT2D eigenvalue weighted by atomic mass is 9.97. The lowest BCUT2D eigenvalue weighted by Crippen LogP contribution is -1.98. The topological polar surface area (TPSA) is 13.1 Å². The maximum absolute atomic E-state index is 6.65. The van der Waals surface area contributed by atoms with Crippen molar-refractivity contribution in [1.82, 2.24) is 0 Å². The van der Waals surface area contributed by atoms with Crippen LogP contribution < -0.4 is 0 Å². The Bertz CT molecular complexity index is 578. The van der Waals surface area contributed by atoms with Gasteiger partial charge in [-0.2, -0.15) is 0 Å². The summed E-state index contributed by atoms with van der Waals surface area (Å²) in [4.78, 5) is 0. The first-order valence-corrected chi connectivity index (χ1v) is 7.63. The van der Waals surface area contributed by atoms with Crippen LogP contribution in [0.3, 0.4) is 0 Å². The van der Waals surface area contributed by atoms with Crippen LogP contribution in [0, 0.1) is 26.7 Å². The molecule has 0 spiro atoms. The molecule has 0 aliphatic heterocycles. The fraction of sp³-hybridized carbons (Fsp3) is 0.444. The van der Waals surface area contributed by atoms with Gasteiger partial charge in [0.25, 0.3) is 0 Å². The van der Waals surface area contributed by atoms with Gasteiger partial charge < -0.3 is 4.42 Å². The van der Waals surface area contributed by atoms with Crippen molar-refractivity contribution in [2.45, 2.75) is 46.4 Å². The second-order valence-corrected chi connectivity index (χ2v) is 6.39. The van der Waals surface area contributed by atoms with Gasteiger partial charge in [-0.1, -0.05) is 38.1 Å². The van der Waals surface area contributed by atoms with Crippen molar-refractivity contribution < 1.29 is 4.42 Å². The van der Waals surface area contributed by atoms with Crippen LogP contribution in [0.25, 0.3) is 0 Å². The summed E-state index contributed by atoms with van der Waals surface area (Å²) in [6.45, 7) is 10.5. The van der Waals surface area contributed by atoms with E-state index in [1.165, 1.54) is 5.56 Å². The predicted octanol–water partition coefficient (Wildman–Crippen LogP) is 5.73. The summed E-state index contributed by atoms with van der Waals surface area (Å²) < 4.78 is 5.68. The third-order valence-electron chi connectivity index (χ3n) is 3.79. The SMILES string of the molecule is Cc1oc(C)c(C(Cl)c2ccc(CC(C)C)cc2)c1C. The largest absolute Gasteiger partial charge is 0.466 e. The average Bonchev–Trinajstić information content (AvgIpc) is 2.63. The summed E-state index contributed by atoms with van der Waals surface area (Å²) in [5, 5.41) is -0.138. The Hall–Kier alpha value is -1.21. The molecule has 1 atom stereocenters. The van der Waals surface area contributed by atoms with Crippen molar-refractivity contribution in [3.63, 3.8) is 0 Å². The Kier molecular flexibility index (Phi) is 4.59. The molecule has 2 aromatic rings. The Labute approximate surface area is 127 Å². The van der Waals surface area contributed by atoms with Crippen LogP contribution in [0.15, 0.2) is 28.7 Å². The van der Waals surface area contributed by atoms with E-state index in [9.17, 15) is 0 Å². The third-order valence-corrected chi connectivity index (χ3v) is 4.26. The van der Waals surface area contributed by atoms with E-state index in [0.29, 0.717) is 5.92 Å². The first-order valence-electron chi connectivity index (χ1n) is 7.19. The van der Waals surface area contributed by atoms with Crippen LogP contribution >= 0.6 is 11.6 Å². The molecule has 1 unspecified atom stereocenters. The molecule has 0 fully saturated rings. The summed E-state index contributed by atoms with van der Waals surface area (Å²) in [6, 6.07) is 8.64. The number of hydrogen-bond acceptors (Lipinski definition) is 1. The molecule has 0 aliphatic rings. The van der Waals surface area contributed by atoms with E-state index in [4.69, 9.17) is 16.0 Å². The Morgan fingerprint density at radius 2 is 1.60 bits per heavy atom. The molecule has 1 heterocycles. The average molecular weight is 291 g/mol. The van der Waals surface area contributed by atoms with Crippen molar-refractivity contribution in [2.75, 3.05) is 0 Å². The molecule has 1 nitrogen and oxygen atoms in total. The normalized spacial score (nSPS) is 12.9. The van der Waals surface area contributed by atoms with Gasteiger partial charge in [0.15, 0.2) is 0 Å². The van der Waals surface area contributed by atoms with Crippen molar-refractivity contribution in [3.8, 4) is 0 Å². The van der Waals surface area contributed by atoms with Crippen LogP contribution in [0.2, 0.25) is 0 Å². The fourth-order valence-corrected chi connectivity index (χ4v) is 3.11. The summed E-state index contributed by atoms with van der Waals surface area (Å²) in [6.07, 6.45) is 1.11. The van der Waals surface area contributed by atoms with Crippen molar-refractivity contribution in [2.24, 2.45) is 5.92 Å². The molecular weight excluding hydrogens is 268 g/mol. The number of hydrogen-bond donors (Lipinski definition) is 0. The predicted molar refractivity (Wildman–Crippen MR) is 85.6 cm³/mol. The Morgan fingerprint density at radius 3 is 2.05 bits per heavy atom. The molecule has 0 radical (unpaired) electrons. The van der Waals surface area contributed by atoms with Crippen LogP contribution in [0.1, 0.15) is 53.0 Å². The van der Waals surface area contributed by atoms with Gasteiger partial charge in [0.1, 0.15) is 11.5 Å². The summed E-state index contributed by atoms with van der Waals surface area (Å²) in [5.74, 6) is 2.56. The van der Waals surface area contributed by atoms with Gasteiger partial charge in [-0.15, -0.1) is 11.6 Å². The minimum atomic E-state index is -0.138. The molecule has 2 rings (SSSR count). The van der Waals surface area contributed by atoms with Gasteiger partial charge >= 0.3 is 0 Å². The van der Waals surface area contributed by atoms with E-state index in [-0.39, 0.29) is 5.38 Å². The molecule has 0 amide bonds. The molecule has 1 aromatic heterocycles.